The van der Waals surface area contributed by atoms with Crippen LogP contribution in [0.1, 0.15) is 27.0 Å². The Hall–Kier alpha value is -4.36. The van der Waals surface area contributed by atoms with Gasteiger partial charge in [0.05, 0.1) is 7.11 Å². The smallest absolute Gasteiger partial charge is 0.254 e. The minimum absolute atomic E-state index is 0.184. The molecule has 4 aromatic carbocycles. The van der Waals surface area contributed by atoms with E-state index in [2.05, 4.69) is 0 Å². The van der Waals surface area contributed by atoms with E-state index in [1.807, 2.05) is 54.6 Å². The lowest BCUT2D eigenvalue weighted by molar-refractivity contribution is 0.0746. The molecule has 0 aliphatic carbocycles. The zero-order valence-corrected chi connectivity index (χ0v) is 21.3. The van der Waals surface area contributed by atoms with Gasteiger partial charge in [0, 0.05) is 30.8 Å². The molecule has 4 rings (SSSR count). The maximum absolute atomic E-state index is 13.5. The van der Waals surface area contributed by atoms with Crippen molar-refractivity contribution in [1.29, 1.82) is 0 Å². The number of rotatable bonds is 12. The topological polar surface area (TPSA) is 74.0 Å². The first kappa shape index (κ1) is 26.7. The number of methoxy groups -OCH3 is 1. The van der Waals surface area contributed by atoms with Crippen molar-refractivity contribution in [2.45, 2.75) is 19.8 Å². The Labute approximate surface area is 222 Å². The molecule has 6 nitrogen and oxygen atoms in total. The Balaban J connectivity index is 1.47. The van der Waals surface area contributed by atoms with Crippen LogP contribution in [-0.2, 0) is 19.8 Å². The van der Waals surface area contributed by atoms with Crippen molar-refractivity contribution in [1.82, 2.24) is 4.90 Å². The number of amides is 1. The molecule has 7 heteroatoms. The number of para-hydroxylation sites is 1. The molecule has 0 heterocycles. The lowest BCUT2D eigenvalue weighted by Gasteiger charge is -2.24. The predicted molar refractivity (Wildman–Crippen MR) is 145 cm³/mol. The second kappa shape index (κ2) is 13.3. The highest BCUT2D eigenvalue weighted by atomic mass is 19.1. The van der Waals surface area contributed by atoms with E-state index in [0.29, 0.717) is 49.1 Å². The monoisotopic (exact) mass is 514 g/mol. The molecule has 4 aromatic rings. The maximum atomic E-state index is 13.5. The number of halogens is 1. The second-order valence-corrected chi connectivity index (χ2v) is 8.68. The van der Waals surface area contributed by atoms with Gasteiger partial charge in [0.25, 0.3) is 5.91 Å². The van der Waals surface area contributed by atoms with Gasteiger partial charge >= 0.3 is 0 Å². The number of ether oxygens (including phenoxy) is 3. The van der Waals surface area contributed by atoms with Crippen molar-refractivity contribution >= 4 is 5.91 Å². The Morgan fingerprint density at radius 3 is 2.16 bits per heavy atom. The molecule has 0 unspecified atom stereocenters. The SMILES string of the molecule is COc1cc(C(=O)N(CCN)Cc2ccccc2OCc2ccc(F)cc2)ccc1OCc1ccccc1. The van der Waals surface area contributed by atoms with E-state index in [1.165, 1.54) is 12.1 Å². The van der Waals surface area contributed by atoms with Crippen LogP contribution in [0, 0.1) is 5.82 Å². The first-order valence-corrected chi connectivity index (χ1v) is 12.4. The van der Waals surface area contributed by atoms with Gasteiger partial charge in [0.1, 0.15) is 24.8 Å². The predicted octanol–water partition coefficient (Wildman–Crippen LogP) is 5.59. The van der Waals surface area contributed by atoms with Crippen LogP contribution in [0.3, 0.4) is 0 Å². The maximum Gasteiger partial charge on any atom is 0.254 e. The molecule has 196 valence electrons. The molecular formula is C31H31FN2O4. The van der Waals surface area contributed by atoms with Gasteiger partial charge in [-0.2, -0.15) is 0 Å². The Bertz CT molecular complexity index is 1330. The number of benzene rings is 4. The van der Waals surface area contributed by atoms with Crippen LogP contribution in [0.5, 0.6) is 17.2 Å². The van der Waals surface area contributed by atoms with Crippen LogP contribution in [0.25, 0.3) is 0 Å². The van der Waals surface area contributed by atoms with Gasteiger partial charge in [-0.05, 0) is 47.5 Å². The van der Waals surface area contributed by atoms with E-state index in [1.54, 1.807) is 42.3 Å². The van der Waals surface area contributed by atoms with E-state index in [9.17, 15) is 9.18 Å². The third kappa shape index (κ3) is 7.11. The van der Waals surface area contributed by atoms with Crippen LogP contribution >= 0.6 is 0 Å². The van der Waals surface area contributed by atoms with Crippen LogP contribution in [-0.4, -0.2) is 31.0 Å². The molecule has 0 aliphatic rings. The highest BCUT2D eigenvalue weighted by molar-refractivity contribution is 5.95. The quantitative estimate of drug-likeness (QED) is 0.267. The van der Waals surface area contributed by atoms with Crippen LogP contribution in [0.15, 0.2) is 97.1 Å². The fourth-order valence-electron chi connectivity index (χ4n) is 3.97. The molecule has 0 saturated carbocycles. The fraction of sp³-hybridized carbons (Fsp3) is 0.194. The summed E-state index contributed by atoms with van der Waals surface area (Å²) < 4.78 is 30.7. The van der Waals surface area contributed by atoms with Gasteiger partial charge in [0.15, 0.2) is 11.5 Å². The molecule has 2 N–H and O–H groups in total. The zero-order valence-electron chi connectivity index (χ0n) is 21.3. The van der Waals surface area contributed by atoms with Crippen LogP contribution < -0.4 is 19.9 Å². The third-order valence-electron chi connectivity index (χ3n) is 5.98. The molecule has 0 aromatic heterocycles. The lowest BCUT2D eigenvalue weighted by atomic mass is 10.1. The largest absolute Gasteiger partial charge is 0.493 e. The summed E-state index contributed by atoms with van der Waals surface area (Å²) in [6, 6.07) is 28.7. The van der Waals surface area contributed by atoms with Crippen molar-refractivity contribution in [3.05, 3.63) is 125 Å². The summed E-state index contributed by atoms with van der Waals surface area (Å²) in [7, 11) is 1.55. The second-order valence-electron chi connectivity index (χ2n) is 8.68. The summed E-state index contributed by atoms with van der Waals surface area (Å²) in [5.74, 6) is 1.20. The average Bonchev–Trinajstić information content (AvgIpc) is 2.96. The number of carbonyl (C=O) groups is 1. The first-order chi connectivity index (χ1) is 18.6. The molecular weight excluding hydrogens is 483 g/mol. The molecule has 1 amide bonds. The van der Waals surface area contributed by atoms with Gasteiger partial charge in [0.2, 0.25) is 0 Å². The average molecular weight is 515 g/mol. The number of nitrogens with zero attached hydrogens (tertiary/aromatic N) is 1. The molecule has 0 bridgehead atoms. The molecule has 0 spiro atoms. The number of carbonyl (C=O) groups excluding carboxylic acids is 1. The van der Waals surface area contributed by atoms with E-state index in [-0.39, 0.29) is 18.3 Å². The standard InChI is InChI=1S/C31H31FN2O4/c1-36-30-19-25(13-16-29(30)38-21-23-7-3-2-4-8-23)31(35)34(18-17-33)20-26-9-5-6-10-28(26)37-22-24-11-14-27(32)15-12-24/h2-16,19H,17-18,20-22,33H2,1H3. The van der Waals surface area contributed by atoms with Gasteiger partial charge in [-0.3, -0.25) is 4.79 Å². The molecule has 0 fully saturated rings. The molecule has 0 saturated heterocycles. The molecule has 0 aliphatic heterocycles. The summed E-state index contributed by atoms with van der Waals surface area (Å²) in [6.45, 7) is 1.64. The van der Waals surface area contributed by atoms with E-state index in [4.69, 9.17) is 19.9 Å². The van der Waals surface area contributed by atoms with E-state index in [0.717, 1.165) is 16.7 Å². The minimum Gasteiger partial charge on any atom is -0.493 e. The third-order valence-corrected chi connectivity index (χ3v) is 5.98. The van der Waals surface area contributed by atoms with E-state index >= 15 is 0 Å². The first-order valence-electron chi connectivity index (χ1n) is 12.4. The summed E-state index contributed by atoms with van der Waals surface area (Å²) in [5.41, 5.74) is 9.04. The van der Waals surface area contributed by atoms with Gasteiger partial charge in [-0.25, -0.2) is 4.39 Å². The van der Waals surface area contributed by atoms with Crippen molar-refractivity contribution in [2.24, 2.45) is 5.73 Å². The Kier molecular flexibility index (Phi) is 9.32. The van der Waals surface area contributed by atoms with Crippen molar-refractivity contribution in [2.75, 3.05) is 20.2 Å². The lowest BCUT2D eigenvalue weighted by Crippen LogP contribution is -2.35. The van der Waals surface area contributed by atoms with E-state index < -0.39 is 0 Å². The van der Waals surface area contributed by atoms with Crippen LogP contribution in [0.4, 0.5) is 4.39 Å². The summed E-state index contributed by atoms with van der Waals surface area (Å²) in [4.78, 5) is 15.2. The zero-order chi connectivity index (χ0) is 26.7. The summed E-state index contributed by atoms with van der Waals surface area (Å²) in [5, 5.41) is 0. The Morgan fingerprint density at radius 1 is 0.789 bits per heavy atom. The Morgan fingerprint density at radius 2 is 1.45 bits per heavy atom. The molecule has 0 atom stereocenters. The molecule has 0 radical (unpaired) electrons. The van der Waals surface area contributed by atoms with Crippen molar-refractivity contribution in [3.8, 4) is 17.2 Å². The minimum atomic E-state index is -0.294. The number of nitrogens with two attached hydrogens (primary N) is 1. The molecule has 38 heavy (non-hydrogen) atoms. The van der Waals surface area contributed by atoms with Gasteiger partial charge < -0.3 is 24.8 Å². The summed E-state index contributed by atoms with van der Waals surface area (Å²) in [6.07, 6.45) is 0. The van der Waals surface area contributed by atoms with Gasteiger partial charge in [-0.1, -0.05) is 60.7 Å². The normalized spacial score (nSPS) is 10.6. The van der Waals surface area contributed by atoms with Gasteiger partial charge in [-0.15, -0.1) is 0 Å². The summed E-state index contributed by atoms with van der Waals surface area (Å²) >= 11 is 0. The van der Waals surface area contributed by atoms with Crippen LogP contribution in [0.2, 0.25) is 0 Å². The number of hydrogen-bond acceptors (Lipinski definition) is 5. The highest BCUT2D eigenvalue weighted by Crippen LogP contribution is 2.30. The fourth-order valence-corrected chi connectivity index (χ4v) is 3.97. The van der Waals surface area contributed by atoms with Crippen molar-refractivity contribution < 1.29 is 23.4 Å². The highest BCUT2D eigenvalue weighted by Gasteiger charge is 2.19. The van der Waals surface area contributed by atoms with Crippen molar-refractivity contribution in [3.63, 3.8) is 0 Å². The number of hydrogen-bond donors (Lipinski definition) is 1.